The van der Waals surface area contributed by atoms with Crippen molar-refractivity contribution in [2.24, 2.45) is 0 Å². The van der Waals surface area contributed by atoms with E-state index in [9.17, 15) is 10.1 Å². The van der Waals surface area contributed by atoms with Gasteiger partial charge in [-0.05, 0) is 18.1 Å². The topological polar surface area (TPSA) is 110 Å². The molecule has 9 nitrogen and oxygen atoms in total. The van der Waals surface area contributed by atoms with Crippen molar-refractivity contribution in [3.05, 3.63) is 100 Å². The zero-order chi connectivity index (χ0) is 21.6. The van der Waals surface area contributed by atoms with Crippen molar-refractivity contribution in [2.45, 2.75) is 20.0 Å². The van der Waals surface area contributed by atoms with E-state index in [0.717, 1.165) is 11.1 Å². The molecule has 9 heteroatoms. The molecule has 0 saturated carbocycles. The van der Waals surface area contributed by atoms with Crippen LogP contribution in [0.3, 0.4) is 0 Å². The third kappa shape index (κ3) is 4.84. The van der Waals surface area contributed by atoms with E-state index >= 15 is 0 Å². The van der Waals surface area contributed by atoms with Gasteiger partial charge in [0.25, 0.3) is 0 Å². The molecule has 0 atom stereocenters. The first kappa shape index (κ1) is 20.0. The van der Waals surface area contributed by atoms with E-state index in [4.69, 9.17) is 4.52 Å². The Hall–Kier alpha value is -4.27. The molecular formula is C22H20N6O3. The van der Waals surface area contributed by atoms with Crippen LogP contribution in [0, 0.1) is 17.0 Å². The molecule has 2 aromatic heterocycles. The number of benzene rings is 2. The Kier molecular flexibility index (Phi) is 5.84. The highest BCUT2D eigenvalue weighted by molar-refractivity contribution is 5.73. The van der Waals surface area contributed by atoms with E-state index in [0.29, 0.717) is 24.7 Å². The SMILES string of the molecule is Cc1cc(Nc2ncnc(N(Cc3ccccc3)Cc3ccccc3)c2[N+](=O)[O-])no1. The molecule has 1 N–H and O–H groups in total. The molecule has 4 rings (SSSR count). The maximum Gasteiger partial charge on any atom is 0.353 e. The van der Waals surface area contributed by atoms with Crippen molar-refractivity contribution in [1.82, 2.24) is 15.1 Å². The summed E-state index contributed by atoms with van der Waals surface area (Å²) in [6.45, 7) is 2.62. The minimum Gasteiger partial charge on any atom is -0.360 e. The van der Waals surface area contributed by atoms with Gasteiger partial charge in [-0.1, -0.05) is 65.8 Å². The number of anilines is 3. The molecule has 156 valence electrons. The number of aryl methyl sites for hydroxylation is 1. The lowest BCUT2D eigenvalue weighted by atomic mass is 10.1. The highest BCUT2D eigenvalue weighted by atomic mass is 16.6. The van der Waals surface area contributed by atoms with Gasteiger partial charge in [0.2, 0.25) is 11.6 Å². The lowest BCUT2D eigenvalue weighted by molar-refractivity contribution is -0.383. The van der Waals surface area contributed by atoms with Crippen LogP contribution < -0.4 is 10.2 Å². The van der Waals surface area contributed by atoms with Gasteiger partial charge in [-0.15, -0.1) is 0 Å². The first-order chi connectivity index (χ1) is 15.1. The van der Waals surface area contributed by atoms with Crippen LogP contribution in [0.1, 0.15) is 16.9 Å². The van der Waals surface area contributed by atoms with Gasteiger partial charge in [0.1, 0.15) is 12.1 Å². The fourth-order valence-electron chi connectivity index (χ4n) is 3.22. The Morgan fingerprint density at radius 1 is 1.00 bits per heavy atom. The Morgan fingerprint density at radius 3 is 2.13 bits per heavy atom. The zero-order valence-electron chi connectivity index (χ0n) is 16.8. The van der Waals surface area contributed by atoms with Gasteiger partial charge in [-0.2, -0.15) is 0 Å². The van der Waals surface area contributed by atoms with E-state index in [-0.39, 0.29) is 17.3 Å². The van der Waals surface area contributed by atoms with Crippen molar-refractivity contribution in [1.29, 1.82) is 0 Å². The van der Waals surface area contributed by atoms with Crippen molar-refractivity contribution in [2.75, 3.05) is 10.2 Å². The van der Waals surface area contributed by atoms with Crippen LogP contribution in [-0.4, -0.2) is 20.0 Å². The maximum atomic E-state index is 12.1. The molecule has 2 heterocycles. The van der Waals surface area contributed by atoms with Crippen LogP contribution in [0.25, 0.3) is 0 Å². The molecule has 31 heavy (non-hydrogen) atoms. The van der Waals surface area contributed by atoms with Crippen molar-refractivity contribution in [3.63, 3.8) is 0 Å². The van der Waals surface area contributed by atoms with Crippen LogP contribution in [0.4, 0.5) is 23.1 Å². The zero-order valence-corrected chi connectivity index (χ0v) is 16.8. The third-order valence-corrected chi connectivity index (χ3v) is 4.59. The fourth-order valence-corrected chi connectivity index (χ4v) is 3.22. The molecule has 0 unspecified atom stereocenters. The molecule has 0 fully saturated rings. The first-order valence-corrected chi connectivity index (χ1v) is 9.62. The summed E-state index contributed by atoms with van der Waals surface area (Å²) in [6, 6.07) is 21.1. The predicted octanol–water partition coefficient (Wildman–Crippen LogP) is 4.63. The van der Waals surface area contributed by atoms with Crippen LogP contribution in [0.15, 0.2) is 77.6 Å². The van der Waals surface area contributed by atoms with Crippen molar-refractivity contribution in [3.8, 4) is 0 Å². The third-order valence-electron chi connectivity index (χ3n) is 4.59. The van der Waals surface area contributed by atoms with Gasteiger partial charge in [-0.3, -0.25) is 10.1 Å². The van der Waals surface area contributed by atoms with Crippen LogP contribution in [0.5, 0.6) is 0 Å². The molecule has 0 bridgehead atoms. The smallest absolute Gasteiger partial charge is 0.353 e. The monoisotopic (exact) mass is 416 g/mol. The summed E-state index contributed by atoms with van der Waals surface area (Å²) < 4.78 is 5.04. The van der Waals surface area contributed by atoms with Crippen molar-refractivity contribution < 1.29 is 9.45 Å². The van der Waals surface area contributed by atoms with Gasteiger partial charge in [0.15, 0.2) is 5.82 Å². The second-order valence-electron chi connectivity index (χ2n) is 6.93. The summed E-state index contributed by atoms with van der Waals surface area (Å²) in [7, 11) is 0. The second-order valence-corrected chi connectivity index (χ2v) is 6.93. The summed E-state index contributed by atoms with van der Waals surface area (Å²) in [5.74, 6) is 1.18. The standard InChI is InChI=1S/C22H20N6O3/c1-16-12-19(26-31-16)25-21-20(28(29)30)22(24-15-23-21)27(13-17-8-4-2-5-9-17)14-18-10-6-3-7-11-18/h2-12,15H,13-14H2,1H3,(H,23,24,25,26). The quantitative estimate of drug-likeness (QED) is 0.327. The van der Waals surface area contributed by atoms with Gasteiger partial charge in [0, 0.05) is 19.2 Å². The van der Waals surface area contributed by atoms with E-state index in [1.807, 2.05) is 65.6 Å². The summed E-state index contributed by atoms with van der Waals surface area (Å²) in [5.41, 5.74) is 1.79. The molecular weight excluding hydrogens is 396 g/mol. The van der Waals surface area contributed by atoms with Crippen LogP contribution in [0.2, 0.25) is 0 Å². The van der Waals surface area contributed by atoms with E-state index in [1.165, 1.54) is 6.33 Å². The maximum absolute atomic E-state index is 12.1. The minimum absolute atomic E-state index is 0.0504. The lowest BCUT2D eigenvalue weighted by Gasteiger charge is -2.24. The second kappa shape index (κ2) is 9.04. The average Bonchev–Trinajstić information content (AvgIpc) is 3.19. The van der Waals surface area contributed by atoms with Crippen LogP contribution in [-0.2, 0) is 13.1 Å². The Balaban J connectivity index is 1.75. The number of nitrogens with one attached hydrogen (secondary N) is 1. The average molecular weight is 416 g/mol. The van der Waals surface area contributed by atoms with Gasteiger partial charge < -0.3 is 14.7 Å². The van der Waals surface area contributed by atoms with Gasteiger partial charge >= 0.3 is 5.69 Å². The summed E-state index contributed by atoms with van der Waals surface area (Å²) in [4.78, 5) is 21.8. The molecule has 0 radical (unpaired) electrons. The first-order valence-electron chi connectivity index (χ1n) is 9.62. The molecule has 0 spiro atoms. The Bertz CT molecular complexity index is 1120. The minimum atomic E-state index is -0.479. The van der Waals surface area contributed by atoms with E-state index < -0.39 is 4.92 Å². The van der Waals surface area contributed by atoms with Crippen LogP contribution >= 0.6 is 0 Å². The molecule has 0 aliphatic heterocycles. The van der Waals surface area contributed by atoms with Gasteiger partial charge in [0.05, 0.1) is 4.92 Å². The Morgan fingerprint density at radius 2 is 1.61 bits per heavy atom. The summed E-state index contributed by atoms with van der Waals surface area (Å²) >= 11 is 0. The molecule has 2 aromatic carbocycles. The van der Waals surface area contributed by atoms with E-state index in [1.54, 1.807) is 13.0 Å². The van der Waals surface area contributed by atoms with E-state index in [2.05, 4.69) is 20.4 Å². The van der Waals surface area contributed by atoms with Gasteiger partial charge in [-0.25, -0.2) is 9.97 Å². The fraction of sp³-hybridized carbons (Fsp3) is 0.136. The normalized spacial score (nSPS) is 10.6. The largest absolute Gasteiger partial charge is 0.360 e. The molecule has 0 saturated heterocycles. The summed E-state index contributed by atoms with van der Waals surface area (Å²) in [6.07, 6.45) is 1.31. The highest BCUT2D eigenvalue weighted by Crippen LogP contribution is 2.35. The predicted molar refractivity (Wildman–Crippen MR) is 116 cm³/mol. The number of nitro groups is 1. The number of nitrogens with zero attached hydrogens (tertiary/aromatic N) is 5. The molecule has 0 aliphatic carbocycles. The molecule has 4 aromatic rings. The molecule has 0 amide bonds. The lowest BCUT2D eigenvalue weighted by Crippen LogP contribution is -2.24. The Labute approximate surface area is 178 Å². The number of rotatable bonds is 8. The molecule has 0 aliphatic rings. The van der Waals surface area contributed by atoms with Crippen molar-refractivity contribution >= 4 is 23.1 Å². The summed E-state index contributed by atoms with van der Waals surface area (Å²) in [5, 5.41) is 18.8. The highest BCUT2D eigenvalue weighted by Gasteiger charge is 2.28. The number of hydrogen-bond donors (Lipinski definition) is 1. The number of hydrogen-bond acceptors (Lipinski definition) is 8. The number of aromatic nitrogens is 3.